The number of nitrogens with two attached hydrogens (primary N) is 1. The fourth-order valence-electron chi connectivity index (χ4n) is 2.06. The molecule has 0 aliphatic heterocycles. The predicted molar refractivity (Wildman–Crippen MR) is 83.7 cm³/mol. The molecule has 2 aromatic rings. The van der Waals surface area contributed by atoms with Crippen molar-refractivity contribution >= 4 is 11.8 Å². The van der Waals surface area contributed by atoms with E-state index in [0.717, 1.165) is 0 Å². The summed E-state index contributed by atoms with van der Waals surface area (Å²) in [6, 6.07) is 15.2. The largest absolute Gasteiger partial charge is 0.326 e. The number of hydrogen-bond donors (Lipinski definition) is 1. The molecular weight excluding hydrogens is 250 g/mol. The lowest BCUT2D eigenvalue weighted by Crippen LogP contribution is -1.99. The van der Waals surface area contributed by atoms with Crippen molar-refractivity contribution in [2.24, 2.45) is 5.73 Å². The molecular formula is C17H21NS. The van der Waals surface area contributed by atoms with Gasteiger partial charge in [0, 0.05) is 16.3 Å². The van der Waals surface area contributed by atoms with Gasteiger partial charge in [-0.3, -0.25) is 0 Å². The van der Waals surface area contributed by atoms with Gasteiger partial charge in [-0.25, -0.2) is 0 Å². The van der Waals surface area contributed by atoms with Crippen LogP contribution >= 0.6 is 11.8 Å². The monoisotopic (exact) mass is 271 g/mol. The first-order chi connectivity index (χ1) is 9.11. The summed E-state index contributed by atoms with van der Waals surface area (Å²) in [4.78, 5) is 2.57. The zero-order chi connectivity index (χ0) is 13.8. The second-order valence-corrected chi connectivity index (χ2v) is 6.18. The zero-order valence-electron chi connectivity index (χ0n) is 11.8. The summed E-state index contributed by atoms with van der Waals surface area (Å²) in [5.74, 6) is 0.581. The highest BCUT2D eigenvalue weighted by molar-refractivity contribution is 7.99. The Morgan fingerprint density at radius 1 is 1.05 bits per heavy atom. The number of benzene rings is 2. The van der Waals surface area contributed by atoms with E-state index in [1.165, 1.54) is 26.5 Å². The molecule has 2 aromatic carbocycles. The van der Waals surface area contributed by atoms with Gasteiger partial charge in [-0.15, -0.1) is 0 Å². The van der Waals surface area contributed by atoms with Crippen molar-refractivity contribution < 1.29 is 0 Å². The molecule has 0 bridgehead atoms. The minimum atomic E-state index is 0.581. The Morgan fingerprint density at radius 2 is 1.74 bits per heavy atom. The van der Waals surface area contributed by atoms with Crippen molar-refractivity contribution in [1.29, 1.82) is 0 Å². The normalized spacial score (nSPS) is 11.0. The molecule has 100 valence electrons. The maximum absolute atomic E-state index is 5.82. The first kappa shape index (κ1) is 14.2. The first-order valence-corrected chi connectivity index (χ1v) is 7.50. The molecule has 19 heavy (non-hydrogen) atoms. The van der Waals surface area contributed by atoms with Crippen LogP contribution in [0.15, 0.2) is 52.3 Å². The fraction of sp³-hybridized carbons (Fsp3) is 0.294. The van der Waals surface area contributed by atoms with E-state index in [9.17, 15) is 0 Å². The highest BCUT2D eigenvalue weighted by Crippen LogP contribution is 2.33. The Labute approximate surface area is 120 Å². The van der Waals surface area contributed by atoms with Gasteiger partial charge in [-0.05, 0) is 41.7 Å². The molecule has 0 radical (unpaired) electrons. The molecule has 0 unspecified atom stereocenters. The minimum Gasteiger partial charge on any atom is -0.326 e. The van der Waals surface area contributed by atoms with E-state index in [1.807, 2.05) is 0 Å². The molecule has 2 rings (SSSR count). The van der Waals surface area contributed by atoms with E-state index in [1.54, 1.807) is 11.8 Å². The maximum Gasteiger partial charge on any atom is 0.0196 e. The second-order valence-electron chi connectivity index (χ2n) is 5.09. The Kier molecular flexibility index (Phi) is 4.67. The van der Waals surface area contributed by atoms with Gasteiger partial charge in [-0.1, -0.05) is 55.9 Å². The summed E-state index contributed by atoms with van der Waals surface area (Å²) in [6.45, 7) is 7.17. The molecule has 0 fully saturated rings. The molecule has 0 saturated carbocycles. The summed E-state index contributed by atoms with van der Waals surface area (Å²) in [5, 5.41) is 0. The zero-order valence-corrected chi connectivity index (χ0v) is 12.6. The molecule has 2 heteroatoms. The van der Waals surface area contributed by atoms with Crippen LogP contribution in [-0.4, -0.2) is 0 Å². The van der Waals surface area contributed by atoms with Crippen molar-refractivity contribution in [2.45, 2.75) is 43.0 Å². The van der Waals surface area contributed by atoms with Gasteiger partial charge >= 0.3 is 0 Å². The molecule has 2 N–H and O–H groups in total. The minimum absolute atomic E-state index is 0.581. The lowest BCUT2D eigenvalue weighted by molar-refractivity contribution is 0.865. The molecule has 0 spiro atoms. The first-order valence-electron chi connectivity index (χ1n) is 6.68. The summed E-state index contributed by atoms with van der Waals surface area (Å²) >= 11 is 1.81. The van der Waals surface area contributed by atoms with Crippen molar-refractivity contribution in [2.75, 3.05) is 0 Å². The van der Waals surface area contributed by atoms with Crippen molar-refractivity contribution in [3.63, 3.8) is 0 Å². The van der Waals surface area contributed by atoms with Crippen LogP contribution < -0.4 is 5.73 Å². The van der Waals surface area contributed by atoms with Crippen LogP contribution in [0.3, 0.4) is 0 Å². The van der Waals surface area contributed by atoms with Crippen LogP contribution in [0.5, 0.6) is 0 Å². The third-order valence-corrected chi connectivity index (χ3v) is 4.58. The molecule has 0 heterocycles. The Hall–Kier alpha value is -1.25. The third-order valence-electron chi connectivity index (χ3n) is 3.28. The highest BCUT2D eigenvalue weighted by atomic mass is 32.2. The fourth-order valence-corrected chi connectivity index (χ4v) is 3.08. The van der Waals surface area contributed by atoms with Gasteiger partial charge in [0.2, 0.25) is 0 Å². The van der Waals surface area contributed by atoms with Crippen molar-refractivity contribution in [3.8, 4) is 0 Å². The summed E-state index contributed by atoms with van der Waals surface area (Å²) in [5.41, 5.74) is 9.72. The Balaban J connectivity index is 2.26. The summed E-state index contributed by atoms with van der Waals surface area (Å²) < 4.78 is 0. The Morgan fingerprint density at radius 3 is 2.32 bits per heavy atom. The van der Waals surface area contributed by atoms with E-state index in [-0.39, 0.29) is 0 Å². The molecule has 0 saturated heterocycles. The van der Waals surface area contributed by atoms with E-state index in [4.69, 9.17) is 5.73 Å². The van der Waals surface area contributed by atoms with Crippen molar-refractivity contribution in [3.05, 3.63) is 59.2 Å². The van der Waals surface area contributed by atoms with Gasteiger partial charge in [0.1, 0.15) is 0 Å². The molecule has 0 aromatic heterocycles. The molecule has 0 aliphatic rings. The van der Waals surface area contributed by atoms with Gasteiger partial charge in [0.25, 0.3) is 0 Å². The lowest BCUT2D eigenvalue weighted by atomic mass is 10.0. The van der Waals surface area contributed by atoms with E-state index < -0.39 is 0 Å². The van der Waals surface area contributed by atoms with E-state index in [0.29, 0.717) is 12.5 Å². The van der Waals surface area contributed by atoms with Gasteiger partial charge < -0.3 is 5.73 Å². The topological polar surface area (TPSA) is 26.0 Å². The molecule has 0 aliphatic carbocycles. The number of rotatable bonds is 4. The highest BCUT2D eigenvalue weighted by Gasteiger charge is 2.07. The van der Waals surface area contributed by atoms with E-state index >= 15 is 0 Å². The Bertz CT molecular complexity index is 544. The number of hydrogen-bond acceptors (Lipinski definition) is 2. The second kappa shape index (κ2) is 6.27. The summed E-state index contributed by atoms with van der Waals surface area (Å²) in [6.07, 6.45) is 0. The SMILES string of the molecule is Cc1cccc(CN)c1Sc1ccc(C(C)C)cc1. The molecule has 0 amide bonds. The van der Waals surface area contributed by atoms with Crippen molar-refractivity contribution in [1.82, 2.24) is 0 Å². The average Bonchev–Trinajstić information content (AvgIpc) is 2.41. The lowest BCUT2D eigenvalue weighted by Gasteiger charge is -2.11. The predicted octanol–water partition coefficient (Wildman–Crippen LogP) is 4.73. The molecule has 0 atom stereocenters. The average molecular weight is 271 g/mol. The van der Waals surface area contributed by atoms with Gasteiger partial charge in [-0.2, -0.15) is 0 Å². The molecule has 1 nitrogen and oxygen atoms in total. The van der Waals surface area contributed by atoms with Crippen LogP contribution in [0.4, 0.5) is 0 Å². The number of aryl methyl sites for hydroxylation is 1. The van der Waals surface area contributed by atoms with Crippen LogP contribution in [0.2, 0.25) is 0 Å². The van der Waals surface area contributed by atoms with Gasteiger partial charge in [0.15, 0.2) is 0 Å². The maximum atomic E-state index is 5.82. The quantitative estimate of drug-likeness (QED) is 0.870. The third kappa shape index (κ3) is 3.40. The smallest absolute Gasteiger partial charge is 0.0196 e. The van der Waals surface area contributed by atoms with E-state index in [2.05, 4.69) is 63.2 Å². The van der Waals surface area contributed by atoms with Crippen LogP contribution in [-0.2, 0) is 6.54 Å². The van der Waals surface area contributed by atoms with Crippen LogP contribution in [0, 0.1) is 6.92 Å². The van der Waals surface area contributed by atoms with Crippen LogP contribution in [0.1, 0.15) is 36.5 Å². The standard InChI is InChI=1S/C17H21NS/c1-12(2)14-7-9-16(10-8-14)19-17-13(3)5-4-6-15(17)11-18/h4-10,12H,11,18H2,1-3H3. The van der Waals surface area contributed by atoms with Gasteiger partial charge in [0.05, 0.1) is 0 Å². The summed E-state index contributed by atoms with van der Waals surface area (Å²) in [7, 11) is 0. The van der Waals surface area contributed by atoms with Crippen LogP contribution in [0.25, 0.3) is 0 Å².